The topological polar surface area (TPSA) is 59.9 Å². The second-order valence-electron chi connectivity index (χ2n) is 6.39. The quantitative estimate of drug-likeness (QED) is 0.738. The zero-order chi connectivity index (χ0) is 18.9. The first-order chi connectivity index (χ1) is 13.0. The van der Waals surface area contributed by atoms with Crippen molar-refractivity contribution in [2.45, 2.75) is 25.1 Å². The van der Waals surface area contributed by atoms with Crippen molar-refractivity contribution in [3.63, 3.8) is 0 Å². The number of alkyl halides is 3. The number of hydrogen-bond donors (Lipinski definition) is 1. The number of aromatic nitrogens is 3. The van der Waals surface area contributed by atoms with E-state index in [2.05, 4.69) is 20.5 Å². The van der Waals surface area contributed by atoms with Crippen LogP contribution in [-0.4, -0.2) is 34.4 Å². The third-order valence-corrected chi connectivity index (χ3v) is 4.54. The normalized spacial score (nSPS) is 17.4. The highest BCUT2D eigenvalue weighted by Gasteiger charge is 2.30. The molecule has 27 heavy (non-hydrogen) atoms. The lowest BCUT2D eigenvalue weighted by Gasteiger charge is -2.14. The van der Waals surface area contributed by atoms with E-state index in [0.29, 0.717) is 23.8 Å². The maximum absolute atomic E-state index is 12.8. The molecule has 0 amide bonds. The smallest absolute Gasteiger partial charge is 0.376 e. The molecule has 0 bridgehead atoms. The summed E-state index contributed by atoms with van der Waals surface area (Å²) < 4.78 is 43.9. The molecule has 1 fully saturated rings. The monoisotopic (exact) mass is 374 g/mol. The molecule has 1 atom stereocenters. The number of anilines is 1. The van der Waals surface area contributed by atoms with E-state index in [1.807, 2.05) is 24.3 Å². The number of benzene rings is 1. The van der Waals surface area contributed by atoms with Crippen LogP contribution in [0.3, 0.4) is 0 Å². The van der Waals surface area contributed by atoms with E-state index in [0.717, 1.165) is 42.5 Å². The van der Waals surface area contributed by atoms with E-state index in [-0.39, 0.29) is 6.10 Å². The molecule has 0 spiro atoms. The van der Waals surface area contributed by atoms with Crippen LogP contribution in [0.25, 0.3) is 22.2 Å². The summed E-state index contributed by atoms with van der Waals surface area (Å²) in [6.45, 7) is 1.41. The first-order valence-corrected chi connectivity index (χ1v) is 8.67. The van der Waals surface area contributed by atoms with E-state index in [9.17, 15) is 13.2 Å². The molecular weight excluding hydrogens is 357 g/mol. The van der Waals surface area contributed by atoms with Crippen LogP contribution < -0.4 is 5.32 Å². The summed E-state index contributed by atoms with van der Waals surface area (Å²) in [5.41, 5.74) is -0.00210. The average Bonchev–Trinajstić information content (AvgIpc) is 3.19. The molecule has 8 heteroatoms. The highest BCUT2D eigenvalue weighted by atomic mass is 19.4. The second kappa shape index (κ2) is 7.11. The number of nitrogens with zero attached hydrogens (tertiary/aromatic N) is 3. The largest absolute Gasteiger partial charge is 0.417 e. The zero-order valence-corrected chi connectivity index (χ0v) is 14.3. The molecule has 1 aromatic carbocycles. The van der Waals surface area contributed by atoms with Crippen LogP contribution >= 0.6 is 0 Å². The summed E-state index contributed by atoms with van der Waals surface area (Å²) in [4.78, 5) is 3.94. The Balaban J connectivity index is 1.67. The van der Waals surface area contributed by atoms with Crippen molar-refractivity contribution in [3.05, 3.63) is 48.2 Å². The average molecular weight is 374 g/mol. The van der Waals surface area contributed by atoms with Gasteiger partial charge >= 0.3 is 6.18 Å². The third-order valence-electron chi connectivity index (χ3n) is 4.54. The molecule has 0 radical (unpaired) electrons. The minimum Gasteiger partial charge on any atom is -0.376 e. The number of nitrogens with one attached hydrogen (secondary N) is 1. The minimum absolute atomic E-state index is 0.154. The van der Waals surface area contributed by atoms with Crippen molar-refractivity contribution in [1.82, 2.24) is 15.2 Å². The molecular formula is C19H17F3N4O. The summed E-state index contributed by atoms with van der Waals surface area (Å²) in [6, 6.07) is 9.80. The Bertz CT molecular complexity index is 938. The molecule has 4 rings (SSSR count). The van der Waals surface area contributed by atoms with Crippen LogP contribution in [0.1, 0.15) is 18.4 Å². The molecule has 3 heterocycles. The van der Waals surface area contributed by atoms with Crippen molar-refractivity contribution in [2.75, 3.05) is 18.5 Å². The molecule has 0 saturated carbocycles. The van der Waals surface area contributed by atoms with Gasteiger partial charge in [-0.15, -0.1) is 10.2 Å². The fourth-order valence-electron chi connectivity index (χ4n) is 3.14. The van der Waals surface area contributed by atoms with Gasteiger partial charge < -0.3 is 10.1 Å². The Hall–Kier alpha value is -2.74. The lowest BCUT2D eigenvalue weighted by molar-refractivity contribution is -0.137. The molecule has 1 aliphatic rings. The van der Waals surface area contributed by atoms with Gasteiger partial charge in [0.1, 0.15) is 5.69 Å². The molecule has 5 nitrogen and oxygen atoms in total. The van der Waals surface area contributed by atoms with Crippen LogP contribution in [0.15, 0.2) is 42.6 Å². The van der Waals surface area contributed by atoms with Gasteiger partial charge in [0.25, 0.3) is 0 Å². The van der Waals surface area contributed by atoms with Gasteiger partial charge in [-0.25, -0.2) is 0 Å². The molecule has 3 aromatic rings. The fraction of sp³-hybridized carbons (Fsp3) is 0.316. The Morgan fingerprint density at radius 2 is 1.89 bits per heavy atom. The van der Waals surface area contributed by atoms with E-state index >= 15 is 0 Å². The Labute approximate surface area is 153 Å². The van der Waals surface area contributed by atoms with Gasteiger partial charge in [-0.1, -0.05) is 24.3 Å². The summed E-state index contributed by atoms with van der Waals surface area (Å²) in [5.74, 6) is 0.622. The van der Waals surface area contributed by atoms with E-state index in [4.69, 9.17) is 4.74 Å². The summed E-state index contributed by atoms with van der Waals surface area (Å²) in [6.07, 6.45) is -1.39. The Morgan fingerprint density at radius 3 is 2.56 bits per heavy atom. The van der Waals surface area contributed by atoms with Crippen molar-refractivity contribution >= 4 is 16.6 Å². The first kappa shape index (κ1) is 17.7. The van der Waals surface area contributed by atoms with Crippen LogP contribution in [0.2, 0.25) is 0 Å². The van der Waals surface area contributed by atoms with Gasteiger partial charge in [0.05, 0.1) is 17.4 Å². The molecule has 2 aromatic heterocycles. The van der Waals surface area contributed by atoms with Gasteiger partial charge in [0.15, 0.2) is 5.82 Å². The number of rotatable bonds is 4. The van der Waals surface area contributed by atoms with Crippen molar-refractivity contribution in [2.24, 2.45) is 0 Å². The number of ether oxygens (including phenoxy) is 1. The Morgan fingerprint density at radius 1 is 1.07 bits per heavy atom. The predicted molar refractivity (Wildman–Crippen MR) is 95.2 cm³/mol. The SMILES string of the molecule is FC(F)(F)c1ccc(-c2nnc(NCC3CCCO3)c3ccccc23)nc1. The first-order valence-electron chi connectivity index (χ1n) is 8.67. The zero-order valence-electron chi connectivity index (χ0n) is 14.3. The van der Waals surface area contributed by atoms with E-state index in [1.165, 1.54) is 6.07 Å². The van der Waals surface area contributed by atoms with Gasteiger partial charge in [-0.3, -0.25) is 4.98 Å². The van der Waals surface area contributed by atoms with Crippen molar-refractivity contribution < 1.29 is 17.9 Å². The van der Waals surface area contributed by atoms with Crippen LogP contribution in [0.5, 0.6) is 0 Å². The predicted octanol–water partition coefficient (Wildman–Crippen LogP) is 4.30. The van der Waals surface area contributed by atoms with Crippen LogP contribution in [0.4, 0.5) is 19.0 Å². The van der Waals surface area contributed by atoms with E-state index in [1.54, 1.807) is 0 Å². The van der Waals surface area contributed by atoms with Crippen LogP contribution in [-0.2, 0) is 10.9 Å². The molecule has 0 aliphatic carbocycles. The molecule has 140 valence electrons. The molecule has 1 saturated heterocycles. The molecule has 1 N–H and O–H groups in total. The summed E-state index contributed by atoms with van der Waals surface area (Å²) >= 11 is 0. The fourth-order valence-corrected chi connectivity index (χ4v) is 3.14. The minimum atomic E-state index is -4.42. The maximum Gasteiger partial charge on any atom is 0.417 e. The standard InChI is InChI=1S/C19H17F3N4O/c20-19(21,22)12-7-8-16(23-10-12)17-14-5-1-2-6-15(14)18(26-25-17)24-11-13-4-3-9-27-13/h1-2,5-8,10,13H,3-4,9,11H2,(H,24,26). The Kier molecular flexibility index (Phi) is 4.65. The number of fused-ring (bicyclic) bond motifs is 1. The van der Waals surface area contributed by atoms with Gasteiger partial charge in [-0.05, 0) is 25.0 Å². The van der Waals surface area contributed by atoms with Gasteiger partial charge in [0, 0.05) is 30.1 Å². The summed E-state index contributed by atoms with van der Waals surface area (Å²) in [5, 5.41) is 13.3. The number of pyridine rings is 1. The highest BCUT2D eigenvalue weighted by Crippen LogP contribution is 2.32. The summed E-state index contributed by atoms with van der Waals surface area (Å²) in [7, 11) is 0. The van der Waals surface area contributed by atoms with Gasteiger partial charge in [0.2, 0.25) is 0 Å². The maximum atomic E-state index is 12.8. The number of halogens is 3. The third kappa shape index (κ3) is 3.71. The molecule has 1 unspecified atom stereocenters. The lowest BCUT2D eigenvalue weighted by atomic mass is 10.1. The second-order valence-corrected chi connectivity index (χ2v) is 6.39. The van der Waals surface area contributed by atoms with Crippen molar-refractivity contribution in [3.8, 4) is 11.4 Å². The highest BCUT2D eigenvalue weighted by molar-refractivity contribution is 5.99. The van der Waals surface area contributed by atoms with E-state index < -0.39 is 11.7 Å². The van der Waals surface area contributed by atoms with Crippen molar-refractivity contribution in [1.29, 1.82) is 0 Å². The number of hydrogen-bond acceptors (Lipinski definition) is 5. The van der Waals surface area contributed by atoms with Crippen LogP contribution in [0, 0.1) is 0 Å². The van der Waals surface area contributed by atoms with Gasteiger partial charge in [-0.2, -0.15) is 13.2 Å². The molecule has 1 aliphatic heterocycles. The lowest BCUT2D eigenvalue weighted by Crippen LogP contribution is -2.19.